The number of nitrogens with two attached hydrogens (primary N) is 1. The van der Waals surface area contributed by atoms with Gasteiger partial charge in [-0.15, -0.1) is 0 Å². The second-order valence-electron chi connectivity index (χ2n) is 3.38. The summed E-state index contributed by atoms with van der Waals surface area (Å²) in [6, 6.07) is 3.86. The molecule has 0 atom stereocenters. The second kappa shape index (κ2) is 3.29. The fourth-order valence-corrected chi connectivity index (χ4v) is 1.42. The van der Waals surface area contributed by atoms with E-state index in [-0.39, 0.29) is 11.6 Å². The summed E-state index contributed by atoms with van der Waals surface area (Å²) in [5.41, 5.74) is 6.16. The number of rotatable bonds is 1. The molecule has 1 aromatic rings. The minimum absolute atomic E-state index is 0.103. The molecular weight excluding hydrogens is 183 g/mol. The zero-order chi connectivity index (χ0) is 10.1. The number of hydrogen-bond donors (Lipinski definition) is 1. The Morgan fingerprint density at radius 1 is 1.43 bits per heavy atom. The Labute approximate surface area is 81.3 Å². The average Bonchev–Trinajstić information content (AvgIpc) is 2.00. The Kier molecular flexibility index (Phi) is 2.11. The highest BCUT2D eigenvalue weighted by Crippen LogP contribution is 2.18. The molecule has 0 aromatic heterocycles. The van der Waals surface area contributed by atoms with Gasteiger partial charge in [0.2, 0.25) is 0 Å². The molecule has 1 aliphatic rings. The van der Waals surface area contributed by atoms with Crippen molar-refractivity contribution in [3.8, 4) is 0 Å². The highest BCUT2D eigenvalue weighted by Gasteiger charge is 2.22. The van der Waals surface area contributed by atoms with Gasteiger partial charge in [-0.05, 0) is 24.6 Å². The Morgan fingerprint density at radius 3 is 2.64 bits per heavy atom. The van der Waals surface area contributed by atoms with Crippen molar-refractivity contribution < 1.29 is 9.18 Å². The zero-order valence-corrected chi connectivity index (χ0v) is 7.66. The normalized spacial score (nSPS) is 15.1. The predicted molar refractivity (Wildman–Crippen MR) is 51.3 cm³/mol. The van der Waals surface area contributed by atoms with Gasteiger partial charge in [-0.1, -0.05) is 0 Å². The van der Waals surface area contributed by atoms with Crippen LogP contribution in [0, 0.1) is 5.82 Å². The fourth-order valence-electron chi connectivity index (χ4n) is 1.42. The van der Waals surface area contributed by atoms with Crippen molar-refractivity contribution in [2.24, 2.45) is 0 Å². The van der Waals surface area contributed by atoms with Crippen LogP contribution in [-0.2, 0) is 0 Å². The summed E-state index contributed by atoms with van der Waals surface area (Å²) in [5.74, 6) is -0.517. The van der Waals surface area contributed by atoms with Crippen LogP contribution in [0.15, 0.2) is 18.2 Å². The van der Waals surface area contributed by atoms with Gasteiger partial charge in [-0.2, -0.15) is 0 Å². The van der Waals surface area contributed by atoms with Gasteiger partial charge >= 0.3 is 0 Å². The molecule has 1 aromatic carbocycles. The van der Waals surface area contributed by atoms with Crippen LogP contribution in [0.1, 0.15) is 16.8 Å². The fraction of sp³-hybridized carbons (Fsp3) is 0.300. The highest BCUT2D eigenvalue weighted by molar-refractivity contribution is 5.99. The molecule has 1 heterocycles. The maximum atomic E-state index is 12.7. The van der Waals surface area contributed by atoms with Gasteiger partial charge in [-0.3, -0.25) is 4.79 Å². The summed E-state index contributed by atoms with van der Waals surface area (Å²) in [7, 11) is 0. The third kappa shape index (κ3) is 1.43. The number of nitrogens with zero attached hydrogens (tertiary/aromatic N) is 1. The first-order chi connectivity index (χ1) is 6.68. The van der Waals surface area contributed by atoms with Gasteiger partial charge in [0, 0.05) is 18.8 Å². The molecule has 1 saturated heterocycles. The van der Waals surface area contributed by atoms with Gasteiger partial charge in [0.1, 0.15) is 5.82 Å². The number of benzene rings is 1. The highest BCUT2D eigenvalue weighted by atomic mass is 19.1. The molecule has 1 amide bonds. The Morgan fingerprint density at radius 2 is 2.14 bits per heavy atom. The summed E-state index contributed by atoms with van der Waals surface area (Å²) in [6.07, 6.45) is 1.03. The first-order valence-electron chi connectivity index (χ1n) is 4.53. The minimum Gasteiger partial charge on any atom is -0.398 e. The van der Waals surface area contributed by atoms with Crippen molar-refractivity contribution >= 4 is 11.6 Å². The van der Waals surface area contributed by atoms with Crippen LogP contribution in [-0.4, -0.2) is 23.9 Å². The third-order valence-corrected chi connectivity index (χ3v) is 2.39. The predicted octanol–water partition coefficient (Wildman–Crippen LogP) is 1.25. The molecule has 1 aliphatic heterocycles. The minimum atomic E-state index is -0.414. The first kappa shape index (κ1) is 8.99. The number of hydrogen-bond acceptors (Lipinski definition) is 2. The monoisotopic (exact) mass is 194 g/mol. The number of nitrogen functional groups attached to an aromatic ring is 1. The molecular formula is C10H11FN2O. The van der Waals surface area contributed by atoms with E-state index < -0.39 is 5.82 Å². The molecule has 4 heteroatoms. The molecule has 14 heavy (non-hydrogen) atoms. The van der Waals surface area contributed by atoms with Gasteiger partial charge in [-0.25, -0.2) is 4.39 Å². The van der Waals surface area contributed by atoms with Gasteiger partial charge in [0.15, 0.2) is 0 Å². The van der Waals surface area contributed by atoms with Gasteiger partial charge < -0.3 is 10.6 Å². The molecule has 2 N–H and O–H groups in total. The van der Waals surface area contributed by atoms with Crippen molar-refractivity contribution in [1.82, 2.24) is 4.90 Å². The standard InChI is InChI=1S/C10H11FN2O/c11-7-2-3-8(9(12)6-7)10(14)13-4-1-5-13/h2-3,6H,1,4-5,12H2. The summed E-state index contributed by atoms with van der Waals surface area (Å²) >= 11 is 0. The van der Waals surface area contributed by atoms with E-state index in [2.05, 4.69) is 0 Å². The van der Waals surface area contributed by atoms with Crippen molar-refractivity contribution in [1.29, 1.82) is 0 Å². The number of carbonyl (C=O) groups excluding carboxylic acids is 1. The van der Waals surface area contributed by atoms with Crippen LogP contribution in [0.25, 0.3) is 0 Å². The van der Waals surface area contributed by atoms with Crippen molar-refractivity contribution in [3.63, 3.8) is 0 Å². The SMILES string of the molecule is Nc1cc(F)ccc1C(=O)N1CCC1. The lowest BCUT2D eigenvalue weighted by Gasteiger charge is -2.31. The van der Waals surface area contributed by atoms with E-state index >= 15 is 0 Å². The average molecular weight is 194 g/mol. The summed E-state index contributed by atoms with van der Waals surface area (Å²) < 4.78 is 12.7. The van der Waals surface area contributed by atoms with Crippen LogP contribution in [0.3, 0.4) is 0 Å². The Balaban J connectivity index is 2.26. The number of carbonyl (C=O) groups is 1. The molecule has 0 saturated carbocycles. The lowest BCUT2D eigenvalue weighted by molar-refractivity contribution is 0.0653. The number of anilines is 1. The molecule has 0 aliphatic carbocycles. The number of halogens is 1. The van der Waals surface area contributed by atoms with Crippen molar-refractivity contribution in [2.45, 2.75) is 6.42 Å². The lowest BCUT2D eigenvalue weighted by atomic mass is 10.1. The molecule has 74 valence electrons. The quantitative estimate of drug-likeness (QED) is 0.684. The van der Waals surface area contributed by atoms with Gasteiger partial charge in [0.05, 0.1) is 5.56 Å². The van der Waals surface area contributed by atoms with E-state index in [1.54, 1.807) is 4.90 Å². The van der Waals surface area contributed by atoms with E-state index in [1.165, 1.54) is 18.2 Å². The van der Waals surface area contributed by atoms with Crippen LogP contribution in [0.2, 0.25) is 0 Å². The molecule has 2 rings (SSSR count). The molecule has 3 nitrogen and oxygen atoms in total. The van der Waals surface area contributed by atoms with Crippen LogP contribution in [0.5, 0.6) is 0 Å². The van der Waals surface area contributed by atoms with Crippen LogP contribution in [0.4, 0.5) is 10.1 Å². The Hall–Kier alpha value is -1.58. The van der Waals surface area contributed by atoms with E-state index in [1.807, 2.05) is 0 Å². The van der Waals surface area contributed by atoms with E-state index in [9.17, 15) is 9.18 Å². The van der Waals surface area contributed by atoms with Crippen molar-refractivity contribution in [2.75, 3.05) is 18.8 Å². The van der Waals surface area contributed by atoms with Crippen molar-refractivity contribution in [3.05, 3.63) is 29.6 Å². The summed E-state index contributed by atoms with van der Waals surface area (Å²) in [4.78, 5) is 13.4. The van der Waals surface area contributed by atoms with E-state index in [0.717, 1.165) is 19.5 Å². The third-order valence-electron chi connectivity index (χ3n) is 2.39. The molecule has 0 radical (unpaired) electrons. The molecule has 0 unspecified atom stereocenters. The molecule has 0 bridgehead atoms. The first-order valence-corrected chi connectivity index (χ1v) is 4.53. The maximum Gasteiger partial charge on any atom is 0.255 e. The summed E-state index contributed by atoms with van der Waals surface area (Å²) in [6.45, 7) is 1.55. The van der Waals surface area contributed by atoms with Gasteiger partial charge in [0.25, 0.3) is 5.91 Å². The number of amides is 1. The largest absolute Gasteiger partial charge is 0.398 e. The lowest BCUT2D eigenvalue weighted by Crippen LogP contribution is -2.42. The van der Waals surface area contributed by atoms with Crippen LogP contribution >= 0.6 is 0 Å². The van der Waals surface area contributed by atoms with E-state index in [4.69, 9.17) is 5.73 Å². The second-order valence-corrected chi connectivity index (χ2v) is 3.38. The van der Waals surface area contributed by atoms with Crippen LogP contribution < -0.4 is 5.73 Å². The Bertz CT molecular complexity index is 374. The summed E-state index contributed by atoms with van der Waals surface area (Å²) in [5, 5.41) is 0. The molecule has 1 fully saturated rings. The smallest absolute Gasteiger partial charge is 0.255 e. The zero-order valence-electron chi connectivity index (χ0n) is 7.66. The topological polar surface area (TPSA) is 46.3 Å². The number of likely N-dealkylation sites (tertiary alicyclic amines) is 1. The molecule has 0 spiro atoms. The van der Waals surface area contributed by atoms with E-state index in [0.29, 0.717) is 5.56 Å². The maximum absolute atomic E-state index is 12.7.